The summed E-state index contributed by atoms with van der Waals surface area (Å²) in [5.74, 6) is 0.255. The second kappa shape index (κ2) is 6.91. The van der Waals surface area contributed by atoms with Crippen molar-refractivity contribution in [2.24, 2.45) is 11.7 Å². The van der Waals surface area contributed by atoms with Crippen molar-refractivity contribution in [3.63, 3.8) is 0 Å². The molecule has 2 unspecified atom stereocenters. The molecular formula is C13H24ClN3O2S2. The van der Waals surface area contributed by atoms with Crippen molar-refractivity contribution in [2.75, 3.05) is 6.54 Å². The predicted molar refractivity (Wildman–Crippen MR) is 88.6 cm³/mol. The van der Waals surface area contributed by atoms with E-state index in [1.807, 2.05) is 6.92 Å². The second-order valence-corrected chi connectivity index (χ2v) is 8.80. The van der Waals surface area contributed by atoms with Gasteiger partial charge < -0.3 is 5.73 Å². The quantitative estimate of drug-likeness (QED) is 0.870. The van der Waals surface area contributed by atoms with E-state index in [1.54, 1.807) is 6.92 Å². The monoisotopic (exact) mass is 353 g/mol. The lowest BCUT2D eigenvalue weighted by Crippen LogP contribution is -2.58. The first-order chi connectivity index (χ1) is 9.31. The molecule has 0 amide bonds. The first-order valence-corrected chi connectivity index (χ1v) is 9.29. The highest BCUT2D eigenvalue weighted by Gasteiger charge is 2.41. The normalized spacial score (nSPS) is 26.4. The van der Waals surface area contributed by atoms with Crippen molar-refractivity contribution in [3.05, 3.63) is 10.7 Å². The molecule has 0 radical (unpaired) electrons. The smallest absolute Gasteiger partial charge is 0.252 e. The lowest BCUT2D eigenvalue weighted by molar-refractivity contribution is 0.191. The van der Waals surface area contributed by atoms with Gasteiger partial charge in [0.2, 0.25) is 0 Å². The van der Waals surface area contributed by atoms with Crippen molar-refractivity contribution < 1.29 is 8.42 Å². The van der Waals surface area contributed by atoms with E-state index in [-0.39, 0.29) is 18.3 Å². The summed E-state index contributed by atoms with van der Waals surface area (Å²) in [5.41, 5.74) is 5.97. The molecule has 1 aromatic heterocycles. The van der Waals surface area contributed by atoms with Gasteiger partial charge in [-0.15, -0.1) is 23.7 Å². The van der Waals surface area contributed by atoms with Crippen molar-refractivity contribution in [1.82, 2.24) is 9.71 Å². The van der Waals surface area contributed by atoms with Crippen LogP contribution in [0, 0.1) is 19.8 Å². The Balaban J connectivity index is 0.00000220. The van der Waals surface area contributed by atoms with E-state index in [0.29, 0.717) is 16.4 Å². The number of nitrogens with one attached hydrogen (secondary N) is 1. The Kier molecular flexibility index (Phi) is 6.20. The van der Waals surface area contributed by atoms with Gasteiger partial charge in [-0.2, -0.15) is 0 Å². The fourth-order valence-corrected chi connectivity index (χ4v) is 6.00. The van der Waals surface area contributed by atoms with Gasteiger partial charge in [0.05, 0.1) is 10.7 Å². The van der Waals surface area contributed by atoms with Crippen LogP contribution in [0.2, 0.25) is 0 Å². The molecule has 1 fully saturated rings. The van der Waals surface area contributed by atoms with Crippen LogP contribution in [0.3, 0.4) is 0 Å². The number of hydrogen-bond donors (Lipinski definition) is 2. The highest BCUT2D eigenvalue weighted by atomic mass is 35.5. The van der Waals surface area contributed by atoms with E-state index >= 15 is 0 Å². The summed E-state index contributed by atoms with van der Waals surface area (Å²) in [5, 5.41) is 0.765. The zero-order valence-electron chi connectivity index (χ0n) is 12.7. The zero-order chi connectivity index (χ0) is 15.0. The number of halogens is 1. The van der Waals surface area contributed by atoms with Crippen LogP contribution in [-0.2, 0) is 10.0 Å². The average molecular weight is 354 g/mol. The van der Waals surface area contributed by atoms with Gasteiger partial charge in [-0.05, 0) is 32.6 Å². The maximum Gasteiger partial charge on any atom is 0.252 e. The minimum absolute atomic E-state index is 0. The predicted octanol–water partition coefficient (Wildman–Crippen LogP) is 2.37. The Bertz CT molecular complexity index is 588. The summed E-state index contributed by atoms with van der Waals surface area (Å²) in [6.45, 7) is 5.97. The van der Waals surface area contributed by atoms with Crippen LogP contribution in [0.5, 0.6) is 0 Å². The maximum absolute atomic E-state index is 12.6. The largest absolute Gasteiger partial charge is 0.329 e. The second-order valence-electron chi connectivity index (χ2n) is 5.72. The molecule has 1 heterocycles. The molecular weight excluding hydrogens is 330 g/mol. The molecule has 0 saturated heterocycles. The van der Waals surface area contributed by atoms with Gasteiger partial charge in [0, 0.05) is 12.1 Å². The molecule has 0 aliphatic heterocycles. The highest BCUT2D eigenvalue weighted by molar-refractivity contribution is 7.91. The van der Waals surface area contributed by atoms with Crippen LogP contribution >= 0.6 is 23.7 Å². The number of aryl methyl sites for hydroxylation is 2. The first-order valence-electron chi connectivity index (χ1n) is 6.99. The molecule has 1 aliphatic carbocycles. The Morgan fingerprint density at radius 1 is 1.43 bits per heavy atom. The summed E-state index contributed by atoms with van der Waals surface area (Å²) < 4.78 is 28.5. The first kappa shape index (κ1) is 18.8. The Morgan fingerprint density at radius 2 is 2.10 bits per heavy atom. The lowest BCUT2D eigenvalue weighted by Gasteiger charge is -2.42. The third kappa shape index (κ3) is 3.76. The number of rotatable bonds is 4. The van der Waals surface area contributed by atoms with Gasteiger partial charge >= 0.3 is 0 Å². The number of sulfonamides is 1. The summed E-state index contributed by atoms with van der Waals surface area (Å²) in [6, 6.07) is 0. The minimum Gasteiger partial charge on any atom is -0.329 e. The van der Waals surface area contributed by atoms with Crippen molar-refractivity contribution >= 4 is 33.8 Å². The summed E-state index contributed by atoms with van der Waals surface area (Å²) in [4.78, 5) is 4.21. The van der Waals surface area contributed by atoms with Crippen LogP contribution in [0.4, 0.5) is 0 Å². The van der Waals surface area contributed by atoms with Crippen LogP contribution in [-0.4, -0.2) is 25.5 Å². The minimum atomic E-state index is -3.55. The fourth-order valence-electron chi connectivity index (χ4n) is 2.99. The molecule has 8 heteroatoms. The van der Waals surface area contributed by atoms with Crippen LogP contribution in [0.1, 0.15) is 43.3 Å². The topological polar surface area (TPSA) is 85.1 Å². The Hall–Kier alpha value is -0.210. The standard InChI is InChI=1S/C13H23N3O2S2.ClH/c1-9-6-4-5-7-13(9,8-14)16-20(17,18)12-10(2)15-11(3)19-12;/h9,16H,4-8,14H2,1-3H3;1H. The Morgan fingerprint density at radius 3 is 2.57 bits per heavy atom. The van der Waals surface area contributed by atoms with Crippen LogP contribution in [0.25, 0.3) is 0 Å². The molecule has 1 saturated carbocycles. The van der Waals surface area contributed by atoms with Crippen molar-refractivity contribution in [2.45, 2.75) is 56.2 Å². The van der Waals surface area contributed by atoms with Crippen molar-refractivity contribution in [1.29, 1.82) is 0 Å². The van der Waals surface area contributed by atoms with E-state index in [1.165, 1.54) is 11.3 Å². The van der Waals surface area contributed by atoms with E-state index in [9.17, 15) is 8.42 Å². The third-order valence-corrected chi connectivity index (χ3v) is 7.49. The van der Waals surface area contributed by atoms with E-state index in [0.717, 1.165) is 30.7 Å². The highest BCUT2D eigenvalue weighted by Crippen LogP contribution is 2.35. The number of thiazole rings is 1. The molecule has 0 aromatic carbocycles. The van der Waals surface area contributed by atoms with Crippen molar-refractivity contribution in [3.8, 4) is 0 Å². The van der Waals surface area contributed by atoms with Gasteiger partial charge in [0.1, 0.15) is 0 Å². The molecule has 2 rings (SSSR count). The van der Waals surface area contributed by atoms with Crippen LogP contribution < -0.4 is 10.5 Å². The Labute approximate surface area is 137 Å². The number of nitrogens with zero attached hydrogens (tertiary/aromatic N) is 1. The van der Waals surface area contributed by atoms with Gasteiger partial charge in [-0.25, -0.2) is 18.1 Å². The van der Waals surface area contributed by atoms with Crippen LogP contribution in [0.15, 0.2) is 4.21 Å². The molecule has 2 atom stereocenters. The molecule has 122 valence electrons. The number of nitrogens with two attached hydrogens (primary N) is 1. The van der Waals surface area contributed by atoms with Gasteiger partial charge in [0.15, 0.2) is 4.21 Å². The summed E-state index contributed by atoms with van der Waals surface area (Å²) >= 11 is 1.22. The number of aromatic nitrogens is 1. The van der Waals surface area contributed by atoms with E-state index < -0.39 is 15.6 Å². The summed E-state index contributed by atoms with van der Waals surface area (Å²) in [7, 11) is -3.55. The molecule has 5 nitrogen and oxygen atoms in total. The maximum atomic E-state index is 12.6. The third-order valence-electron chi connectivity index (χ3n) is 4.26. The SMILES string of the molecule is Cc1nc(C)c(S(=O)(=O)NC2(CN)CCCCC2C)s1.Cl. The molecule has 21 heavy (non-hydrogen) atoms. The number of hydrogen-bond acceptors (Lipinski definition) is 5. The fraction of sp³-hybridized carbons (Fsp3) is 0.769. The molecule has 0 bridgehead atoms. The van der Waals surface area contributed by atoms with Gasteiger partial charge in [0.25, 0.3) is 10.0 Å². The van der Waals surface area contributed by atoms with E-state index in [4.69, 9.17) is 5.73 Å². The van der Waals surface area contributed by atoms with Gasteiger partial charge in [-0.1, -0.05) is 19.8 Å². The average Bonchev–Trinajstić information content (AvgIpc) is 2.72. The van der Waals surface area contributed by atoms with E-state index in [2.05, 4.69) is 16.6 Å². The zero-order valence-corrected chi connectivity index (χ0v) is 15.1. The van der Waals surface area contributed by atoms with Gasteiger partial charge in [-0.3, -0.25) is 0 Å². The molecule has 0 spiro atoms. The lowest BCUT2D eigenvalue weighted by atomic mass is 9.74. The molecule has 1 aliphatic rings. The summed E-state index contributed by atoms with van der Waals surface area (Å²) in [6.07, 6.45) is 3.98. The molecule has 3 N–H and O–H groups in total. The molecule has 1 aromatic rings.